The highest BCUT2D eigenvalue weighted by Gasteiger charge is 2.08. The second kappa shape index (κ2) is 7.57. The van der Waals surface area contributed by atoms with Gasteiger partial charge in [-0.2, -0.15) is 0 Å². The summed E-state index contributed by atoms with van der Waals surface area (Å²) in [5.41, 5.74) is 3.13. The Hall–Kier alpha value is -3.22. The van der Waals surface area contributed by atoms with Crippen LogP contribution in [0.15, 0.2) is 48.5 Å². The summed E-state index contributed by atoms with van der Waals surface area (Å²) in [7, 11) is 1.35. The Morgan fingerprint density at radius 3 is 2.64 bits per heavy atom. The summed E-state index contributed by atoms with van der Waals surface area (Å²) in [4.78, 5) is 23.4. The van der Waals surface area contributed by atoms with Crippen molar-refractivity contribution in [1.29, 1.82) is 0 Å². The summed E-state index contributed by atoms with van der Waals surface area (Å²) in [6, 6.07) is 14.6. The van der Waals surface area contributed by atoms with Gasteiger partial charge in [0, 0.05) is 6.54 Å². The van der Waals surface area contributed by atoms with Crippen LogP contribution < -0.4 is 5.32 Å². The predicted octanol–water partition coefficient (Wildman–Crippen LogP) is 1.58. The first kappa shape index (κ1) is 16.6. The van der Waals surface area contributed by atoms with Crippen LogP contribution >= 0.6 is 0 Å². The van der Waals surface area contributed by atoms with Crippen LogP contribution in [0.1, 0.15) is 15.9 Å². The van der Waals surface area contributed by atoms with E-state index in [1.807, 2.05) is 36.4 Å². The molecule has 0 saturated carbocycles. The van der Waals surface area contributed by atoms with Gasteiger partial charge in [-0.3, -0.25) is 4.79 Å². The molecule has 0 bridgehead atoms. The first-order chi connectivity index (χ1) is 12.2. The second-order valence-electron chi connectivity index (χ2n) is 5.52. The third-order valence-electron chi connectivity index (χ3n) is 3.82. The number of methoxy groups -OCH3 is 1. The smallest absolute Gasteiger partial charge is 0.337 e. The number of ether oxygens (including phenoxy) is 1. The molecule has 1 aromatic heterocycles. The van der Waals surface area contributed by atoms with Crippen LogP contribution in [0.4, 0.5) is 0 Å². The molecule has 1 heterocycles. The first-order valence-electron chi connectivity index (χ1n) is 7.89. The minimum atomic E-state index is -0.361. The van der Waals surface area contributed by atoms with Gasteiger partial charge in [0.2, 0.25) is 5.91 Å². The van der Waals surface area contributed by atoms with Gasteiger partial charge in [-0.05, 0) is 36.2 Å². The summed E-state index contributed by atoms with van der Waals surface area (Å²) in [6.07, 6.45) is 0.672. The fraction of sp³-hybridized carbons (Fsp3) is 0.222. The first-order valence-corrected chi connectivity index (χ1v) is 7.89. The quantitative estimate of drug-likeness (QED) is 0.690. The van der Waals surface area contributed by atoms with E-state index in [4.69, 9.17) is 0 Å². The lowest BCUT2D eigenvalue weighted by Gasteiger charge is -2.06. The molecule has 0 spiro atoms. The molecule has 0 atom stereocenters. The Kier molecular flexibility index (Phi) is 5.03. The van der Waals surface area contributed by atoms with Crippen molar-refractivity contribution in [3.63, 3.8) is 0 Å². The molecule has 3 rings (SSSR count). The molecule has 7 heteroatoms. The molecule has 0 saturated heterocycles. The van der Waals surface area contributed by atoms with Crippen molar-refractivity contribution in [2.75, 3.05) is 13.7 Å². The lowest BCUT2D eigenvalue weighted by atomic mass is 10.1. The zero-order chi connectivity index (χ0) is 17.6. The number of benzene rings is 2. The van der Waals surface area contributed by atoms with E-state index in [0.717, 1.165) is 16.6 Å². The average molecular weight is 338 g/mol. The summed E-state index contributed by atoms with van der Waals surface area (Å²) >= 11 is 0. The van der Waals surface area contributed by atoms with Gasteiger partial charge in [0.15, 0.2) is 0 Å². The van der Waals surface area contributed by atoms with Gasteiger partial charge in [-0.25, -0.2) is 9.48 Å². The highest BCUT2D eigenvalue weighted by Crippen LogP contribution is 2.09. The average Bonchev–Trinajstić information content (AvgIpc) is 3.04. The van der Waals surface area contributed by atoms with Crippen molar-refractivity contribution in [3.8, 4) is 0 Å². The summed E-state index contributed by atoms with van der Waals surface area (Å²) in [6.45, 7) is 0.630. The van der Waals surface area contributed by atoms with E-state index in [-0.39, 0.29) is 18.4 Å². The zero-order valence-electron chi connectivity index (χ0n) is 13.8. The maximum atomic E-state index is 12.1. The lowest BCUT2D eigenvalue weighted by molar-refractivity contribution is -0.121. The number of rotatable bonds is 6. The number of aromatic nitrogens is 3. The highest BCUT2D eigenvalue weighted by atomic mass is 16.5. The molecule has 25 heavy (non-hydrogen) atoms. The van der Waals surface area contributed by atoms with Gasteiger partial charge in [-0.1, -0.05) is 29.5 Å². The van der Waals surface area contributed by atoms with E-state index < -0.39 is 0 Å². The van der Waals surface area contributed by atoms with Crippen LogP contribution in [0.2, 0.25) is 0 Å². The molecule has 1 N–H and O–H groups in total. The number of hydrogen-bond donors (Lipinski definition) is 1. The van der Waals surface area contributed by atoms with Crippen molar-refractivity contribution in [2.24, 2.45) is 0 Å². The fourth-order valence-corrected chi connectivity index (χ4v) is 2.50. The minimum absolute atomic E-state index is 0.123. The zero-order valence-corrected chi connectivity index (χ0v) is 13.8. The maximum absolute atomic E-state index is 12.1. The Morgan fingerprint density at radius 1 is 1.12 bits per heavy atom. The highest BCUT2D eigenvalue weighted by molar-refractivity contribution is 5.89. The van der Waals surface area contributed by atoms with Crippen molar-refractivity contribution < 1.29 is 14.3 Å². The molecular formula is C18H18N4O3. The van der Waals surface area contributed by atoms with E-state index in [2.05, 4.69) is 20.4 Å². The molecule has 0 radical (unpaired) electrons. The molecule has 0 unspecified atom stereocenters. The molecule has 2 aromatic carbocycles. The molecule has 128 valence electrons. The normalized spacial score (nSPS) is 10.6. The standard InChI is InChI=1S/C18H18N4O3/c1-25-18(24)14-8-6-13(7-9-14)10-11-19-17(23)12-22-16-5-3-2-4-15(16)20-21-22/h2-9H,10-12H2,1H3,(H,19,23). The SMILES string of the molecule is COC(=O)c1ccc(CCNC(=O)Cn2nnc3ccccc32)cc1. The topological polar surface area (TPSA) is 86.1 Å². The van der Waals surface area contributed by atoms with Gasteiger partial charge in [0.05, 0.1) is 18.2 Å². The molecule has 0 aliphatic carbocycles. The number of hydrogen-bond acceptors (Lipinski definition) is 5. The van der Waals surface area contributed by atoms with E-state index in [9.17, 15) is 9.59 Å². The van der Waals surface area contributed by atoms with Gasteiger partial charge in [0.1, 0.15) is 12.1 Å². The molecular weight excluding hydrogens is 320 g/mol. The minimum Gasteiger partial charge on any atom is -0.465 e. The number of amides is 1. The number of carbonyl (C=O) groups excluding carboxylic acids is 2. The van der Waals surface area contributed by atoms with Crippen molar-refractivity contribution in [2.45, 2.75) is 13.0 Å². The van der Waals surface area contributed by atoms with E-state index in [0.29, 0.717) is 18.5 Å². The molecule has 0 fully saturated rings. The van der Waals surface area contributed by atoms with E-state index in [1.54, 1.807) is 16.8 Å². The number of nitrogens with one attached hydrogen (secondary N) is 1. The monoisotopic (exact) mass is 338 g/mol. The fourth-order valence-electron chi connectivity index (χ4n) is 2.50. The van der Waals surface area contributed by atoms with E-state index in [1.165, 1.54) is 7.11 Å². The predicted molar refractivity (Wildman–Crippen MR) is 92.0 cm³/mol. The summed E-state index contributed by atoms with van der Waals surface area (Å²) in [5.74, 6) is -0.484. The number of esters is 1. The molecule has 0 aliphatic heterocycles. The Labute approximate surface area is 144 Å². The van der Waals surface area contributed by atoms with Gasteiger partial charge in [0.25, 0.3) is 0 Å². The Balaban J connectivity index is 1.50. The third-order valence-corrected chi connectivity index (χ3v) is 3.82. The second-order valence-corrected chi connectivity index (χ2v) is 5.52. The van der Waals surface area contributed by atoms with Gasteiger partial charge >= 0.3 is 5.97 Å². The van der Waals surface area contributed by atoms with Crippen LogP contribution in [0.3, 0.4) is 0 Å². The van der Waals surface area contributed by atoms with Gasteiger partial charge < -0.3 is 10.1 Å². The van der Waals surface area contributed by atoms with Crippen molar-refractivity contribution in [3.05, 3.63) is 59.7 Å². The summed E-state index contributed by atoms with van der Waals surface area (Å²) in [5, 5.41) is 10.9. The van der Waals surface area contributed by atoms with Crippen LogP contribution in [0, 0.1) is 0 Å². The molecule has 0 aliphatic rings. The van der Waals surface area contributed by atoms with Crippen molar-refractivity contribution in [1.82, 2.24) is 20.3 Å². The molecule has 3 aromatic rings. The van der Waals surface area contributed by atoms with Crippen LogP contribution in [0.25, 0.3) is 11.0 Å². The lowest BCUT2D eigenvalue weighted by Crippen LogP contribution is -2.29. The van der Waals surface area contributed by atoms with Crippen LogP contribution in [-0.2, 0) is 22.5 Å². The Bertz CT molecular complexity index is 887. The number of fused-ring (bicyclic) bond motifs is 1. The number of nitrogens with zero attached hydrogens (tertiary/aromatic N) is 3. The van der Waals surface area contributed by atoms with Crippen molar-refractivity contribution >= 4 is 22.9 Å². The van der Waals surface area contributed by atoms with Crippen LogP contribution in [0.5, 0.6) is 0 Å². The molecule has 7 nitrogen and oxygen atoms in total. The molecule has 1 amide bonds. The largest absolute Gasteiger partial charge is 0.465 e. The number of para-hydroxylation sites is 1. The van der Waals surface area contributed by atoms with Gasteiger partial charge in [-0.15, -0.1) is 5.10 Å². The maximum Gasteiger partial charge on any atom is 0.337 e. The Morgan fingerprint density at radius 2 is 1.88 bits per heavy atom. The summed E-state index contributed by atoms with van der Waals surface area (Å²) < 4.78 is 6.24. The van der Waals surface area contributed by atoms with E-state index >= 15 is 0 Å². The van der Waals surface area contributed by atoms with Crippen LogP contribution in [-0.4, -0.2) is 40.5 Å². The number of carbonyl (C=O) groups is 2. The third kappa shape index (κ3) is 4.00.